The molecule has 24 heavy (non-hydrogen) atoms. The second kappa shape index (κ2) is 7.48. The molecule has 0 atom stereocenters. The summed E-state index contributed by atoms with van der Waals surface area (Å²) in [6, 6.07) is 0. The minimum atomic E-state index is -0.316. The molecule has 2 heterocycles. The fourth-order valence-corrected chi connectivity index (χ4v) is 2.23. The van der Waals surface area contributed by atoms with Gasteiger partial charge in [-0.05, 0) is 12.8 Å². The van der Waals surface area contributed by atoms with E-state index < -0.39 is 0 Å². The van der Waals surface area contributed by atoms with Gasteiger partial charge in [-0.3, -0.25) is 19.0 Å². The van der Waals surface area contributed by atoms with Gasteiger partial charge in [-0.15, -0.1) is 0 Å². The Labute approximate surface area is 145 Å². The van der Waals surface area contributed by atoms with E-state index in [9.17, 15) is 9.59 Å². The van der Waals surface area contributed by atoms with Crippen LogP contribution in [0.3, 0.4) is 0 Å². The summed E-state index contributed by atoms with van der Waals surface area (Å²) in [4.78, 5) is 24.5. The maximum absolute atomic E-state index is 12.3. The topological polar surface area (TPSA) is 93.8 Å². The predicted octanol–water partition coefficient (Wildman–Crippen LogP) is 1.60. The number of anilines is 1. The van der Waals surface area contributed by atoms with E-state index in [-0.39, 0.29) is 18.4 Å². The van der Waals surface area contributed by atoms with Gasteiger partial charge in [0.05, 0.1) is 28.8 Å². The van der Waals surface area contributed by atoms with E-state index in [4.69, 9.17) is 11.6 Å². The van der Waals surface area contributed by atoms with Crippen LogP contribution in [-0.4, -0.2) is 37.9 Å². The molecule has 2 amide bonds. The third-order valence-electron chi connectivity index (χ3n) is 3.44. The number of nitrogens with one attached hydrogen (secondary N) is 2. The van der Waals surface area contributed by atoms with E-state index in [2.05, 4.69) is 20.8 Å². The van der Waals surface area contributed by atoms with Gasteiger partial charge in [-0.2, -0.15) is 10.2 Å². The van der Waals surface area contributed by atoms with Crippen LogP contribution in [0, 0.1) is 12.8 Å². The number of hydrogen-bond donors (Lipinski definition) is 2. The van der Waals surface area contributed by atoms with Crippen molar-refractivity contribution < 1.29 is 9.59 Å². The quantitative estimate of drug-likeness (QED) is 0.825. The highest BCUT2D eigenvalue weighted by Crippen LogP contribution is 2.16. The minimum Gasteiger partial charge on any atom is -0.350 e. The molecule has 2 aromatic rings. The van der Waals surface area contributed by atoms with E-state index in [1.807, 2.05) is 13.8 Å². The third kappa shape index (κ3) is 4.14. The Morgan fingerprint density at radius 2 is 2.00 bits per heavy atom. The van der Waals surface area contributed by atoms with Gasteiger partial charge in [-0.1, -0.05) is 25.4 Å². The standard InChI is InChI=1S/C15H21ClN6O2/c1-9(2)5-17-15(24)14-12(7-18-21(14)4)20-13(23)8-22-10(3)11(16)6-19-22/h6-7,9H,5,8H2,1-4H3,(H,17,24)(H,20,23). The van der Waals surface area contributed by atoms with Crippen LogP contribution < -0.4 is 10.6 Å². The van der Waals surface area contributed by atoms with E-state index in [0.717, 1.165) is 0 Å². The van der Waals surface area contributed by atoms with Gasteiger partial charge in [0.1, 0.15) is 12.2 Å². The number of rotatable bonds is 6. The van der Waals surface area contributed by atoms with Crippen molar-refractivity contribution >= 4 is 29.1 Å². The summed E-state index contributed by atoms with van der Waals surface area (Å²) in [5.74, 6) is -0.270. The number of hydrogen-bond acceptors (Lipinski definition) is 4. The van der Waals surface area contributed by atoms with E-state index in [1.54, 1.807) is 14.0 Å². The molecule has 0 unspecified atom stereocenters. The molecule has 0 aromatic carbocycles. The lowest BCUT2D eigenvalue weighted by molar-refractivity contribution is -0.116. The van der Waals surface area contributed by atoms with Gasteiger partial charge in [0, 0.05) is 13.6 Å². The summed E-state index contributed by atoms with van der Waals surface area (Å²) >= 11 is 5.92. The van der Waals surface area contributed by atoms with Crippen molar-refractivity contribution in [1.82, 2.24) is 24.9 Å². The monoisotopic (exact) mass is 352 g/mol. The summed E-state index contributed by atoms with van der Waals surface area (Å²) in [5, 5.41) is 14.1. The summed E-state index contributed by atoms with van der Waals surface area (Å²) in [6.07, 6.45) is 2.93. The molecule has 130 valence electrons. The Morgan fingerprint density at radius 1 is 1.29 bits per heavy atom. The van der Waals surface area contributed by atoms with Crippen LogP contribution in [0.2, 0.25) is 5.02 Å². The molecule has 8 nitrogen and oxygen atoms in total. The lowest BCUT2D eigenvalue weighted by atomic mass is 10.2. The number of halogens is 1. The zero-order valence-electron chi connectivity index (χ0n) is 14.1. The van der Waals surface area contributed by atoms with Gasteiger partial charge in [0.2, 0.25) is 5.91 Å². The molecule has 2 N–H and O–H groups in total. The Morgan fingerprint density at radius 3 is 2.58 bits per heavy atom. The highest BCUT2D eigenvalue weighted by molar-refractivity contribution is 6.31. The zero-order valence-corrected chi connectivity index (χ0v) is 14.9. The van der Waals surface area contributed by atoms with Crippen LogP contribution in [-0.2, 0) is 18.4 Å². The average molecular weight is 353 g/mol. The molecule has 0 aliphatic carbocycles. The zero-order chi connectivity index (χ0) is 17.9. The van der Waals surface area contributed by atoms with Gasteiger partial charge < -0.3 is 10.6 Å². The van der Waals surface area contributed by atoms with E-state index in [1.165, 1.54) is 21.8 Å². The van der Waals surface area contributed by atoms with Gasteiger partial charge >= 0.3 is 0 Å². The second-order valence-corrected chi connectivity index (χ2v) is 6.33. The number of carbonyl (C=O) groups is 2. The molecular formula is C15H21ClN6O2. The molecule has 2 rings (SSSR count). The van der Waals surface area contributed by atoms with Crippen molar-refractivity contribution in [3.8, 4) is 0 Å². The molecular weight excluding hydrogens is 332 g/mol. The number of amides is 2. The first kappa shape index (κ1) is 18.0. The summed E-state index contributed by atoms with van der Waals surface area (Å²) in [5.41, 5.74) is 1.37. The van der Waals surface area contributed by atoms with Crippen molar-refractivity contribution in [2.75, 3.05) is 11.9 Å². The number of carbonyl (C=O) groups excluding carboxylic acids is 2. The lowest BCUT2D eigenvalue weighted by Crippen LogP contribution is -2.30. The molecule has 0 aliphatic heterocycles. The fraction of sp³-hybridized carbons (Fsp3) is 0.467. The number of nitrogens with zero attached hydrogens (tertiary/aromatic N) is 4. The first-order valence-corrected chi connectivity index (χ1v) is 7.95. The van der Waals surface area contributed by atoms with Crippen molar-refractivity contribution in [1.29, 1.82) is 0 Å². The highest BCUT2D eigenvalue weighted by Gasteiger charge is 2.19. The van der Waals surface area contributed by atoms with Crippen molar-refractivity contribution in [3.63, 3.8) is 0 Å². The first-order valence-electron chi connectivity index (χ1n) is 7.57. The second-order valence-electron chi connectivity index (χ2n) is 5.92. The van der Waals surface area contributed by atoms with Crippen molar-refractivity contribution in [2.45, 2.75) is 27.3 Å². The smallest absolute Gasteiger partial charge is 0.271 e. The Bertz CT molecular complexity index is 749. The van der Waals surface area contributed by atoms with Crippen LogP contribution in [0.25, 0.3) is 0 Å². The summed E-state index contributed by atoms with van der Waals surface area (Å²) in [7, 11) is 1.65. The van der Waals surface area contributed by atoms with Gasteiger partial charge in [0.15, 0.2) is 0 Å². The normalized spacial score (nSPS) is 10.9. The van der Waals surface area contributed by atoms with Gasteiger partial charge in [-0.25, -0.2) is 0 Å². The molecule has 0 saturated heterocycles. The number of aromatic nitrogens is 4. The minimum absolute atomic E-state index is 0.000497. The summed E-state index contributed by atoms with van der Waals surface area (Å²) in [6.45, 7) is 6.33. The third-order valence-corrected chi connectivity index (χ3v) is 3.81. The molecule has 0 bridgehead atoms. The van der Waals surface area contributed by atoms with Crippen LogP contribution in [0.4, 0.5) is 5.69 Å². The summed E-state index contributed by atoms with van der Waals surface area (Å²) < 4.78 is 2.92. The van der Waals surface area contributed by atoms with Crippen LogP contribution >= 0.6 is 11.6 Å². The van der Waals surface area contributed by atoms with Crippen LogP contribution in [0.1, 0.15) is 30.0 Å². The fourth-order valence-electron chi connectivity index (χ4n) is 2.09. The molecule has 2 aromatic heterocycles. The Balaban J connectivity index is 2.08. The Hall–Kier alpha value is -2.35. The van der Waals surface area contributed by atoms with E-state index >= 15 is 0 Å². The predicted molar refractivity (Wildman–Crippen MR) is 91.0 cm³/mol. The largest absolute Gasteiger partial charge is 0.350 e. The maximum atomic E-state index is 12.3. The average Bonchev–Trinajstić information content (AvgIpc) is 3.02. The highest BCUT2D eigenvalue weighted by atomic mass is 35.5. The molecule has 0 fully saturated rings. The van der Waals surface area contributed by atoms with Crippen molar-refractivity contribution in [2.24, 2.45) is 13.0 Å². The van der Waals surface area contributed by atoms with E-state index in [0.29, 0.717) is 34.6 Å². The van der Waals surface area contributed by atoms with Crippen molar-refractivity contribution in [3.05, 3.63) is 28.8 Å². The molecule has 0 saturated carbocycles. The molecule has 0 aliphatic rings. The lowest BCUT2D eigenvalue weighted by Gasteiger charge is -2.10. The molecule has 0 spiro atoms. The number of aryl methyl sites for hydroxylation is 1. The first-order chi connectivity index (χ1) is 11.3. The van der Waals surface area contributed by atoms with Crippen LogP contribution in [0.5, 0.6) is 0 Å². The van der Waals surface area contributed by atoms with Crippen LogP contribution in [0.15, 0.2) is 12.4 Å². The molecule has 0 radical (unpaired) electrons. The SMILES string of the molecule is Cc1c(Cl)cnn1CC(=O)Nc1cnn(C)c1C(=O)NCC(C)C. The maximum Gasteiger partial charge on any atom is 0.271 e. The van der Waals surface area contributed by atoms with Gasteiger partial charge in [0.25, 0.3) is 5.91 Å². The molecule has 9 heteroatoms. The Kier molecular flexibility index (Phi) is 5.61.